The molecule has 0 spiro atoms. The lowest BCUT2D eigenvalue weighted by atomic mass is 10.0. The number of hydrogen-bond acceptors (Lipinski definition) is 0. The molecule has 16 heavy (non-hydrogen) atoms. The topological polar surface area (TPSA) is 0 Å². The molecule has 0 saturated heterocycles. The summed E-state index contributed by atoms with van der Waals surface area (Å²) < 4.78 is 0. The van der Waals surface area contributed by atoms with Crippen molar-refractivity contribution in [3.8, 4) is 11.1 Å². The molecule has 0 saturated carbocycles. The Kier molecular flexibility index (Phi) is 2.05. The summed E-state index contributed by atoms with van der Waals surface area (Å²) >= 11 is 0. The lowest BCUT2D eigenvalue weighted by Crippen LogP contribution is -2.34. The van der Waals surface area contributed by atoms with Crippen molar-refractivity contribution >= 4 is 19.2 Å². The summed E-state index contributed by atoms with van der Waals surface area (Å²) in [6.07, 6.45) is 0. The van der Waals surface area contributed by atoms with Crippen LogP contribution in [0.1, 0.15) is 11.1 Å². The van der Waals surface area contributed by atoms with Crippen molar-refractivity contribution in [1.82, 2.24) is 0 Å². The summed E-state index contributed by atoms with van der Waals surface area (Å²) in [5, 5.41) is 3.18. The molecule has 0 fully saturated rings. The molecule has 79 valence electrons. The maximum atomic E-state index is 2.41. The van der Waals surface area contributed by atoms with Crippen LogP contribution in [0.2, 0.25) is 6.55 Å². The summed E-state index contributed by atoms with van der Waals surface area (Å²) in [6, 6.07) is 13.8. The summed E-state index contributed by atoms with van der Waals surface area (Å²) in [7, 11) is -0.515. The van der Waals surface area contributed by atoms with Crippen LogP contribution in [0.4, 0.5) is 0 Å². The van der Waals surface area contributed by atoms with Gasteiger partial charge in [-0.1, -0.05) is 54.1 Å². The average molecular weight is 223 g/mol. The first-order valence-corrected chi connectivity index (χ1v) is 7.73. The third-order valence-electron chi connectivity index (χ3n) is 3.45. The van der Waals surface area contributed by atoms with Crippen molar-refractivity contribution < 1.29 is 0 Å². The second kappa shape index (κ2) is 3.32. The lowest BCUT2D eigenvalue weighted by molar-refractivity contribution is 1.48. The molecule has 0 aromatic heterocycles. The summed E-state index contributed by atoms with van der Waals surface area (Å²) in [4.78, 5) is 0. The highest BCUT2D eigenvalue weighted by atomic mass is 28.3. The number of benzene rings is 2. The van der Waals surface area contributed by atoms with Gasteiger partial charge in [-0.25, -0.2) is 0 Å². The van der Waals surface area contributed by atoms with Crippen LogP contribution in [0.25, 0.3) is 11.1 Å². The van der Waals surface area contributed by atoms with Crippen molar-refractivity contribution in [1.29, 1.82) is 0 Å². The lowest BCUT2D eigenvalue weighted by Gasteiger charge is -2.04. The molecule has 2 aromatic carbocycles. The molecule has 0 N–H and O–H groups in total. The molecule has 1 aliphatic heterocycles. The standard InChI is InChI=1S/C15H15Si/c1-10-4-6-12-13-7-5-11(2)9-15(13)16(3)14(12)8-10/h4-9H,1-3H3. The van der Waals surface area contributed by atoms with E-state index in [9.17, 15) is 0 Å². The van der Waals surface area contributed by atoms with Gasteiger partial charge in [0, 0.05) is 0 Å². The molecular formula is C15H15Si. The molecule has 1 radical (unpaired) electrons. The Bertz CT molecular complexity index is 518. The SMILES string of the molecule is Cc1ccc2c(c1)[Si](C)c1cc(C)ccc1-2. The fourth-order valence-electron chi connectivity index (χ4n) is 2.55. The van der Waals surface area contributed by atoms with E-state index in [2.05, 4.69) is 56.8 Å². The minimum absolute atomic E-state index is 0.515. The van der Waals surface area contributed by atoms with Gasteiger partial charge in [0.15, 0.2) is 0 Å². The fraction of sp³-hybridized carbons (Fsp3) is 0.200. The highest BCUT2D eigenvalue weighted by Gasteiger charge is 2.26. The Morgan fingerprint density at radius 3 is 1.62 bits per heavy atom. The third-order valence-corrected chi connectivity index (χ3v) is 5.89. The maximum Gasteiger partial charge on any atom is 0.119 e. The van der Waals surface area contributed by atoms with Gasteiger partial charge in [-0.05, 0) is 35.3 Å². The molecule has 0 atom stereocenters. The van der Waals surface area contributed by atoms with Crippen LogP contribution in [0.5, 0.6) is 0 Å². The first-order chi connectivity index (χ1) is 7.66. The van der Waals surface area contributed by atoms with E-state index >= 15 is 0 Å². The van der Waals surface area contributed by atoms with Gasteiger partial charge < -0.3 is 0 Å². The normalized spacial score (nSPS) is 13.7. The number of aryl methyl sites for hydroxylation is 2. The second-order valence-corrected chi connectivity index (χ2v) is 7.05. The smallest absolute Gasteiger partial charge is 0.0628 e. The van der Waals surface area contributed by atoms with Gasteiger partial charge in [-0.2, -0.15) is 0 Å². The predicted octanol–water partition coefficient (Wildman–Crippen LogP) is 2.52. The van der Waals surface area contributed by atoms with Crippen molar-refractivity contribution in [2.45, 2.75) is 20.4 Å². The van der Waals surface area contributed by atoms with Crippen molar-refractivity contribution in [2.75, 3.05) is 0 Å². The molecule has 3 rings (SSSR count). The van der Waals surface area contributed by atoms with Gasteiger partial charge in [0.05, 0.1) is 0 Å². The van der Waals surface area contributed by atoms with Crippen LogP contribution in [-0.4, -0.2) is 8.80 Å². The van der Waals surface area contributed by atoms with Crippen LogP contribution < -0.4 is 10.4 Å². The molecule has 0 nitrogen and oxygen atoms in total. The Morgan fingerprint density at radius 2 is 1.19 bits per heavy atom. The van der Waals surface area contributed by atoms with E-state index in [0.717, 1.165) is 0 Å². The summed E-state index contributed by atoms with van der Waals surface area (Å²) in [5.74, 6) is 0. The van der Waals surface area contributed by atoms with E-state index in [0.29, 0.717) is 0 Å². The van der Waals surface area contributed by atoms with Crippen molar-refractivity contribution in [2.24, 2.45) is 0 Å². The van der Waals surface area contributed by atoms with Gasteiger partial charge in [0.25, 0.3) is 0 Å². The van der Waals surface area contributed by atoms with E-state index in [4.69, 9.17) is 0 Å². The van der Waals surface area contributed by atoms with E-state index < -0.39 is 8.80 Å². The Morgan fingerprint density at radius 1 is 0.750 bits per heavy atom. The highest BCUT2D eigenvalue weighted by Crippen LogP contribution is 2.23. The molecule has 0 amide bonds. The Hall–Kier alpha value is -1.34. The number of hydrogen-bond donors (Lipinski definition) is 0. The zero-order valence-electron chi connectivity index (χ0n) is 9.96. The Labute approximate surface area is 98.6 Å². The molecule has 0 unspecified atom stereocenters. The van der Waals surface area contributed by atoms with Crippen LogP contribution >= 0.6 is 0 Å². The van der Waals surface area contributed by atoms with Crippen LogP contribution in [-0.2, 0) is 0 Å². The predicted molar refractivity (Wildman–Crippen MR) is 72.2 cm³/mol. The first kappa shape index (κ1) is 9.85. The summed E-state index contributed by atoms with van der Waals surface area (Å²) in [6.45, 7) is 6.78. The first-order valence-electron chi connectivity index (χ1n) is 5.73. The molecule has 1 aliphatic rings. The van der Waals surface area contributed by atoms with E-state index in [-0.39, 0.29) is 0 Å². The van der Waals surface area contributed by atoms with Gasteiger partial charge in [-0.3, -0.25) is 0 Å². The largest absolute Gasteiger partial charge is 0.119 e. The highest BCUT2D eigenvalue weighted by molar-refractivity contribution is 6.88. The minimum atomic E-state index is -0.515. The van der Waals surface area contributed by atoms with Gasteiger partial charge >= 0.3 is 0 Å². The molecule has 1 heteroatoms. The summed E-state index contributed by atoms with van der Waals surface area (Å²) in [5.41, 5.74) is 5.70. The quantitative estimate of drug-likeness (QED) is 0.602. The van der Waals surface area contributed by atoms with E-state index in [1.807, 2.05) is 0 Å². The molecule has 0 aliphatic carbocycles. The molecule has 0 bridgehead atoms. The van der Waals surface area contributed by atoms with Gasteiger partial charge in [-0.15, -0.1) is 0 Å². The van der Waals surface area contributed by atoms with Crippen LogP contribution in [0.15, 0.2) is 36.4 Å². The number of fused-ring (bicyclic) bond motifs is 3. The molecule has 2 aromatic rings. The monoisotopic (exact) mass is 223 g/mol. The molecule has 1 heterocycles. The van der Waals surface area contributed by atoms with E-state index in [1.165, 1.54) is 22.3 Å². The maximum absolute atomic E-state index is 2.41. The molecular weight excluding hydrogens is 208 g/mol. The van der Waals surface area contributed by atoms with Gasteiger partial charge in [0.2, 0.25) is 0 Å². The second-order valence-electron chi connectivity index (χ2n) is 4.72. The third kappa shape index (κ3) is 1.28. The zero-order valence-corrected chi connectivity index (χ0v) is 11.0. The van der Waals surface area contributed by atoms with E-state index in [1.54, 1.807) is 10.4 Å². The zero-order chi connectivity index (χ0) is 11.3. The fourth-order valence-corrected chi connectivity index (χ4v) is 4.97. The number of rotatable bonds is 0. The van der Waals surface area contributed by atoms with Crippen molar-refractivity contribution in [3.05, 3.63) is 47.5 Å². The van der Waals surface area contributed by atoms with Crippen molar-refractivity contribution in [3.63, 3.8) is 0 Å². The van der Waals surface area contributed by atoms with Crippen LogP contribution in [0, 0.1) is 13.8 Å². The Balaban J connectivity index is 2.30. The van der Waals surface area contributed by atoms with Crippen LogP contribution in [0.3, 0.4) is 0 Å². The minimum Gasteiger partial charge on any atom is -0.0628 e. The average Bonchev–Trinajstić information content (AvgIpc) is 2.53. The van der Waals surface area contributed by atoms with Gasteiger partial charge in [0.1, 0.15) is 8.80 Å².